The van der Waals surface area contributed by atoms with Crippen LogP contribution in [0.1, 0.15) is 101 Å². The summed E-state index contributed by atoms with van der Waals surface area (Å²) in [7, 11) is 0. The van der Waals surface area contributed by atoms with E-state index in [2.05, 4.69) is 123 Å². The summed E-state index contributed by atoms with van der Waals surface area (Å²) >= 11 is 0. The van der Waals surface area contributed by atoms with E-state index in [-0.39, 0.29) is 28.1 Å². The van der Waals surface area contributed by atoms with Gasteiger partial charge in [0.2, 0.25) is 0 Å². The van der Waals surface area contributed by atoms with Crippen molar-refractivity contribution in [1.29, 1.82) is 0 Å². The average Bonchev–Trinajstić information content (AvgIpc) is 3.49. The molecule has 0 bridgehead atoms. The zero-order valence-electron chi connectivity index (χ0n) is 28.9. The van der Waals surface area contributed by atoms with Gasteiger partial charge in [-0.3, -0.25) is 0 Å². The third-order valence-corrected chi connectivity index (χ3v) is 9.85. The Morgan fingerprint density at radius 1 is 0.682 bits per heavy atom. The molecule has 3 aliphatic rings. The predicted octanol–water partition coefficient (Wildman–Crippen LogP) is 8.95. The van der Waals surface area contributed by atoms with Gasteiger partial charge in [-0.1, -0.05) is 129 Å². The Morgan fingerprint density at radius 2 is 1.18 bits per heavy atom. The second-order valence-corrected chi connectivity index (χ2v) is 15.2. The highest BCUT2D eigenvalue weighted by atomic mass is 16.6. The van der Waals surface area contributed by atoms with Gasteiger partial charge in [-0.05, 0) is 77.2 Å². The molecule has 5 unspecified atom stereocenters. The van der Waals surface area contributed by atoms with Gasteiger partial charge in [0.15, 0.2) is 0 Å². The van der Waals surface area contributed by atoms with Crippen LogP contribution in [0.15, 0.2) is 107 Å². The third-order valence-electron chi connectivity index (χ3n) is 9.85. The Labute approximate surface area is 267 Å². The van der Waals surface area contributed by atoms with Crippen LogP contribution in [-0.4, -0.2) is 44.3 Å². The molecule has 1 aliphatic heterocycles. The second kappa shape index (κ2) is 13.9. The van der Waals surface area contributed by atoms with E-state index in [1.807, 2.05) is 18.2 Å². The molecule has 4 nitrogen and oxygen atoms in total. The van der Waals surface area contributed by atoms with Crippen molar-refractivity contribution in [3.63, 3.8) is 0 Å². The monoisotopic (exact) mass is 602 g/mol. The van der Waals surface area contributed by atoms with E-state index in [1.54, 1.807) is 6.92 Å². The van der Waals surface area contributed by atoms with E-state index < -0.39 is 11.7 Å². The number of rotatable bonds is 10. The highest BCUT2D eigenvalue weighted by molar-refractivity contribution is 5.35. The first kappa shape index (κ1) is 36.0. The van der Waals surface area contributed by atoms with Gasteiger partial charge in [-0.2, -0.15) is 0 Å². The van der Waals surface area contributed by atoms with Crippen molar-refractivity contribution in [3.05, 3.63) is 107 Å². The van der Waals surface area contributed by atoms with E-state index >= 15 is 0 Å². The Bertz CT molecular complexity index is 1300. The molecule has 0 aromatic carbocycles. The van der Waals surface area contributed by atoms with E-state index in [0.717, 1.165) is 36.0 Å². The molecular weight excluding hydrogens is 544 g/mol. The number of hydrogen-bond donors (Lipinski definition) is 3. The van der Waals surface area contributed by atoms with Crippen LogP contribution in [-0.2, 0) is 4.74 Å². The fourth-order valence-corrected chi connectivity index (χ4v) is 7.58. The molecule has 2 saturated carbocycles. The lowest BCUT2D eigenvalue weighted by molar-refractivity contribution is -0.0271. The van der Waals surface area contributed by atoms with Gasteiger partial charge in [0.1, 0.15) is 5.60 Å². The highest BCUT2D eigenvalue weighted by Gasteiger charge is 2.75. The smallest absolute Gasteiger partial charge is 0.106 e. The number of fused-ring (bicyclic) bond motifs is 1. The average molecular weight is 603 g/mol. The number of ether oxygens (including phenoxy) is 1. The minimum Gasteiger partial charge on any atom is -0.393 e. The lowest BCUT2D eigenvalue weighted by atomic mass is 9.62. The molecule has 0 radical (unpaired) electrons. The fourth-order valence-electron chi connectivity index (χ4n) is 7.58. The molecule has 3 fully saturated rings. The van der Waals surface area contributed by atoms with Gasteiger partial charge in [0.05, 0.1) is 23.4 Å². The van der Waals surface area contributed by atoms with Gasteiger partial charge in [-0.15, -0.1) is 0 Å². The van der Waals surface area contributed by atoms with Gasteiger partial charge in [-0.25, -0.2) is 0 Å². The Morgan fingerprint density at radius 3 is 1.73 bits per heavy atom. The van der Waals surface area contributed by atoms with Gasteiger partial charge >= 0.3 is 0 Å². The number of epoxide rings is 1. The molecule has 3 N–H and O–H groups in total. The Balaban J connectivity index is 1.50. The summed E-state index contributed by atoms with van der Waals surface area (Å²) in [5.41, 5.74) is 3.92. The van der Waals surface area contributed by atoms with Gasteiger partial charge in [0.25, 0.3) is 0 Å². The minimum absolute atomic E-state index is 0.0466. The molecule has 0 spiro atoms. The first-order valence-electron chi connectivity index (χ1n) is 16.2. The van der Waals surface area contributed by atoms with Crippen molar-refractivity contribution in [2.45, 2.75) is 130 Å². The van der Waals surface area contributed by atoms with Crippen LogP contribution in [0.4, 0.5) is 0 Å². The Hall–Kier alpha value is -2.50. The molecule has 0 aromatic rings. The summed E-state index contributed by atoms with van der Waals surface area (Å²) in [6, 6.07) is 0. The number of aliphatic hydroxyl groups excluding tert-OH is 2. The molecule has 0 amide bonds. The van der Waals surface area contributed by atoms with Gasteiger partial charge < -0.3 is 20.1 Å². The van der Waals surface area contributed by atoms with Crippen LogP contribution < -0.4 is 0 Å². The number of hydrogen-bond acceptors (Lipinski definition) is 4. The minimum atomic E-state index is -0.997. The van der Waals surface area contributed by atoms with Crippen LogP contribution in [0, 0.1) is 10.8 Å². The summed E-state index contributed by atoms with van der Waals surface area (Å²) in [5.74, 6) is 0. The second-order valence-electron chi connectivity index (χ2n) is 15.2. The molecule has 0 aromatic heterocycles. The normalized spacial score (nSPS) is 35.9. The molecule has 1 saturated heterocycles. The lowest BCUT2D eigenvalue weighted by Crippen LogP contribution is -2.47. The third kappa shape index (κ3) is 8.81. The van der Waals surface area contributed by atoms with Crippen LogP contribution in [0.25, 0.3) is 0 Å². The van der Waals surface area contributed by atoms with Crippen LogP contribution in [0.3, 0.4) is 0 Å². The molecule has 5 atom stereocenters. The van der Waals surface area contributed by atoms with Crippen molar-refractivity contribution in [1.82, 2.24) is 0 Å². The lowest BCUT2D eigenvalue weighted by Gasteiger charge is -2.45. The van der Waals surface area contributed by atoms with Crippen LogP contribution in [0.5, 0.6) is 0 Å². The number of allylic oxidation sites excluding steroid dienone is 16. The van der Waals surface area contributed by atoms with E-state index in [0.29, 0.717) is 12.8 Å². The van der Waals surface area contributed by atoms with E-state index in [9.17, 15) is 15.3 Å². The van der Waals surface area contributed by atoms with Crippen molar-refractivity contribution < 1.29 is 20.1 Å². The standard InChI is InChI=1S/C40H58O4/c1-29(17-13-19-31(3)21-22-35-36(5,6)25-33(41)27-38(35,9)43)15-11-12-16-30(2)18-14-20-32(4)23-24-40-37(7,8)26-34(42)28-39(40,10)44-40/h11-23,33-34,41-43H,24-28H2,1-10H3. The Kier molecular flexibility index (Phi) is 11.3. The van der Waals surface area contributed by atoms with Gasteiger partial charge in [0, 0.05) is 12.8 Å². The van der Waals surface area contributed by atoms with Crippen molar-refractivity contribution >= 4 is 0 Å². The van der Waals surface area contributed by atoms with Crippen molar-refractivity contribution in [3.8, 4) is 0 Å². The molecule has 2 aliphatic carbocycles. The quantitative estimate of drug-likeness (QED) is 0.172. The summed E-state index contributed by atoms with van der Waals surface area (Å²) in [5, 5.41) is 31.3. The SMILES string of the molecule is CC(C=CC=CC(C)=CC=CC(C)=CCC12OC1(C)CC(O)CC2(C)C)=CC=CC(C)=CC=C1C(C)(C)CC(O)CC1(C)O. The molecular formula is C40H58O4. The summed E-state index contributed by atoms with van der Waals surface area (Å²) < 4.78 is 6.30. The maximum atomic E-state index is 10.9. The van der Waals surface area contributed by atoms with Crippen molar-refractivity contribution in [2.24, 2.45) is 10.8 Å². The van der Waals surface area contributed by atoms with Crippen LogP contribution >= 0.6 is 0 Å². The van der Waals surface area contributed by atoms with Crippen molar-refractivity contribution in [2.75, 3.05) is 0 Å². The largest absolute Gasteiger partial charge is 0.393 e. The maximum absolute atomic E-state index is 10.9. The van der Waals surface area contributed by atoms with E-state index in [4.69, 9.17) is 4.74 Å². The zero-order valence-corrected chi connectivity index (χ0v) is 28.9. The molecule has 1 heterocycles. The first-order valence-corrected chi connectivity index (χ1v) is 16.2. The predicted molar refractivity (Wildman–Crippen MR) is 185 cm³/mol. The summed E-state index contributed by atoms with van der Waals surface area (Å²) in [6.45, 7) is 20.9. The molecule has 242 valence electrons. The molecule has 44 heavy (non-hydrogen) atoms. The zero-order chi connectivity index (χ0) is 33.0. The topological polar surface area (TPSA) is 73.2 Å². The van der Waals surface area contributed by atoms with E-state index in [1.165, 1.54) is 11.1 Å². The highest BCUT2D eigenvalue weighted by Crippen LogP contribution is 2.67. The summed E-state index contributed by atoms with van der Waals surface area (Å²) in [4.78, 5) is 0. The molecule has 4 heteroatoms. The summed E-state index contributed by atoms with van der Waals surface area (Å²) in [6.07, 6.45) is 29.8. The fraction of sp³-hybridized carbons (Fsp3) is 0.550. The first-order chi connectivity index (χ1) is 20.3. The maximum Gasteiger partial charge on any atom is 0.106 e. The molecule has 3 rings (SSSR count). The van der Waals surface area contributed by atoms with Crippen LogP contribution in [0.2, 0.25) is 0 Å². The number of aliphatic hydroxyl groups is 3.